The Kier molecular flexibility index (Phi) is 5.21. The first-order valence-corrected chi connectivity index (χ1v) is 7.40. The summed E-state index contributed by atoms with van der Waals surface area (Å²) < 4.78 is 10.3. The van der Waals surface area contributed by atoms with Gasteiger partial charge in [0.15, 0.2) is 0 Å². The highest BCUT2D eigenvalue weighted by molar-refractivity contribution is 6.48. The average molecular weight is 346 g/mol. The van der Waals surface area contributed by atoms with E-state index in [1.54, 1.807) is 6.92 Å². The van der Waals surface area contributed by atoms with Crippen molar-refractivity contribution in [2.45, 2.75) is 26.2 Å². The molecule has 0 saturated heterocycles. The quantitative estimate of drug-likeness (QED) is 0.642. The lowest BCUT2D eigenvalue weighted by Crippen LogP contribution is -2.52. The van der Waals surface area contributed by atoms with Crippen LogP contribution in [0.3, 0.4) is 0 Å². The largest absolute Gasteiger partial charge is 0.547 e. The van der Waals surface area contributed by atoms with Crippen molar-refractivity contribution in [1.29, 1.82) is 0 Å². The van der Waals surface area contributed by atoms with Gasteiger partial charge in [0.2, 0.25) is 5.91 Å². The third-order valence-electron chi connectivity index (χ3n) is 3.16. The zero-order valence-electron chi connectivity index (χ0n) is 12.0. The topological polar surface area (TPSA) is 84.9 Å². The minimum atomic E-state index is -1.30. The van der Waals surface area contributed by atoms with Crippen LogP contribution in [0.25, 0.3) is 0 Å². The van der Waals surface area contributed by atoms with Crippen LogP contribution in [-0.2, 0) is 16.0 Å². The Morgan fingerprint density at radius 2 is 2.23 bits per heavy atom. The third kappa shape index (κ3) is 3.32. The van der Waals surface area contributed by atoms with Gasteiger partial charge in [0.1, 0.15) is 11.3 Å². The molecule has 22 heavy (non-hydrogen) atoms. The van der Waals surface area contributed by atoms with Crippen molar-refractivity contribution in [2.24, 2.45) is 0 Å². The van der Waals surface area contributed by atoms with Gasteiger partial charge in [0.05, 0.1) is 22.6 Å². The normalized spacial score (nSPS) is 16.6. The summed E-state index contributed by atoms with van der Waals surface area (Å²) in [7, 11) is -1.30. The molecule has 0 saturated carbocycles. The number of carbonyl (C=O) groups is 2. The lowest BCUT2D eigenvalue weighted by molar-refractivity contribution is -0.119. The monoisotopic (exact) mass is 345 g/mol. The van der Waals surface area contributed by atoms with E-state index in [9.17, 15) is 14.6 Å². The fourth-order valence-electron chi connectivity index (χ4n) is 2.25. The van der Waals surface area contributed by atoms with E-state index in [2.05, 4.69) is 5.32 Å². The summed E-state index contributed by atoms with van der Waals surface area (Å²) in [5.74, 6) is -1.50. The fraction of sp³-hybridized carbons (Fsp3) is 0.385. The predicted octanol–water partition coefficient (Wildman–Crippen LogP) is 1.63. The van der Waals surface area contributed by atoms with Crippen LogP contribution in [0.4, 0.5) is 0 Å². The summed E-state index contributed by atoms with van der Waals surface area (Å²) >= 11 is 12.2. The number of amides is 1. The van der Waals surface area contributed by atoms with E-state index in [1.165, 1.54) is 13.0 Å². The number of rotatable bonds is 3. The van der Waals surface area contributed by atoms with Crippen molar-refractivity contribution in [3.63, 3.8) is 0 Å². The van der Waals surface area contributed by atoms with Crippen LogP contribution in [-0.4, -0.2) is 36.6 Å². The van der Waals surface area contributed by atoms with Crippen LogP contribution in [0.1, 0.15) is 29.8 Å². The second kappa shape index (κ2) is 6.77. The Bertz CT molecular complexity index is 625. The molecule has 0 bridgehead atoms. The Balaban J connectivity index is 2.46. The fourth-order valence-corrected chi connectivity index (χ4v) is 2.69. The molecule has 0 aliphatic carbocycles. The molecular formula is C13H14BCl2NO5. The van der Waals surface area contributed by atoms with Crippen molar-refractivity contribution in [3.05, 3.63) is 27.2 Å². The highest BCUT2D eigenvalue weighted by Crippen LogP contribution is 2.40. The van der Waals surface area contributed by atoms with E-state index in [0.717, 1.165) is 0 Å². The average Bonchev–Trinajstić information content (AvgIpc) is 2.44. The van der Waals surface area contributed by atoms with Gasteiger partial charge in [-0.3, -0.25) is 4.79 Å². The standard InChI is InChI=1S/C13H14BCl2NO5/c1-3-21-13(19)8-4-9(15)11(16)7-5-10(17-6(2)18)14(20)22-12(7)8/h4,10,20H,3,5H2,1-2H3,(H,17,18)/t10-/m0/s1. The number of carbonyl (C=O) groups excluding carboxylic acids is 2. The molecule has 1 atom stereocenters. The molecule has 1 amide bonds. The lowest BCUT2D eigenvalue weighted by atomic mass is 9.72. The predicted molar refractivity (Wildman–Crippen MR) is 82.3 cm³/mol. The summed E-state index contributed by atoms with van der Waals surface area (Å²) in [4.78, 5) is 23.2. The molecule has 9 heteroatoms. The maximum absolute atomic E-state index is 12.0. The summed E-state index contributed by atoms with van der Waals surface area (Å²) in [6.45, 7) is 3.18. The van der Waals surface area contributed by atoms with Gasteiger partial charge < -0.3 is 19.7 Å². The highest BCUT2D eigenvalue weighted by atomic mass is 35.5. The molecule has 1 aromatic rings. The summed E-state index contributed by atoms with van der Waals surface area (Å²) in [6.07, 6.45) is 0.182. The number of esters is 1. The van der Waals surface area contributed by atoms with Gasteiger partial charge in [-0.15, -0.1) is 0 Å². The first-order valence-electron chi connectivity index (χ1n) is 6.65. The molecule has 0 spiro atoms. The number of hydrogen-bond donors (Lipinski definition) is 2. The molecular weight excluding hydrogens is 332 g/mol. The maximum Gasteiger partial charge on any atom is 0.547 e. The Morgan fingerprint density at radius 3 is 2.82 bits per heavy atom. The SMILES string of the molecule is CCOC(=O)c1cc(Cl)c(Cl)c2c1OB(O)[C@@H](NC(C)=O)C2. The molecule has 0 aromatic heterocycles. The molecule has 0 fully saturated rings. The second-order valence-corrected chi connectivity index (χ2v) is 5.55. The first kappa shape index (κ1) is 16.9. The first-order chi connectivity index (χ1) is 10.3. The minimum absolute atomic E-state index is 0.0894. The molecule has 1 aliphatic heterocycles. The number of halogens is 2. The molecule has 1 aliphatic rings. The van der Waals surface area contributed by atoms with E-state index in [4.69, 9.17) is 32.6 Å². The van der Waals surface area contributed by atoms with Gasteiger partial charge in [-0.1, -0.05) is 23.2 Å². The Morgan fingerprint density at radius 1 is 1.55 bits per heavy atom. The van der Waals surface area contributed by atoms with Crippen LogP contribution < -0.4 is 9.97 Å². The smallest absolute Gasteiger partial charge is 0.534 e. The van der Waals surface area contributed by atoms with Crippen molar-refractivity contribution in [2.75, 3.05) is 6.61 Å². The van der Waals surface area contributed by atoms with Crippen LogP contribution in [0, 0.1) is 0 Å². The molecule has 2 rings (SSSR count). The summed E-state index contributed by atoms with van der Waals surface area (Å²) in [6, 6.07) is 1.34. The molecule has 2 N–H and O–H groups in total. The van der Waals surface area contributed by atoms with Gasteiger partial charge in [0.25, 0.3) is 0 Å². The van der Waals surface area contributed by atoms with Crippen LogP contribution >= 0.6 is 23.2 Å². The van der Waals surface area contributed by atoms with Gasteiger partial charge >= 0.3 is 13.1 Å². The molecule has 1 heterocycles. The molecule has 6 nitrogen and oxygen atoms in total. The molecule has 1 aromatic carbocycles. The molecule has 0 unspecified atom stereocenters. The van der Waals surface area contributed by atoms with Gasteiger partial charge in [-0.25, -0.2) is 4.79 Å². The maximum atomic E-state index is 12.0. The number of hydrogen-bond acceptors (Lipinski definition) is 5. The number of ether oxygens (including phenoxy) is 1. The van der Waals surface area contributed by atoms with Crippen molar-refractivity contribution in [3.8, 4) is 5.75 Å². The number of nitrogens with one attached hydrogen (secondary N) is 1. The second-order valence-electron chi connectivity index (χ2n) is 4.77. The number of benzene rings is 1. The third-order valence-corrected chi connectivity index (χ3v) is 3.98. The lowest BCUT2D eigenvalue weighted by Gasteiger charge is -2.29. The molecule has 0 radical (unpaired) electrons. The summed E-state index contributed by atoms with van der Waals surface area (Å²) in [5, 5.41) is 12.9. The van der Waals surface area contributed by atoms with E-state index in [-0.39, 0.29) is 40.3 Å². The van der Waals surface area contributed by atoms with E-state index in [1.807, 2.05) is 0 Å². The van der Waals surface area contributed by atoms with E-state index >= 15 is 0 Å². The number of fused-ring (bicyclic) bond motifs is 1. The summed E-state index contributed by atoms with van der Waals surface area (Å²) in [5.41, 5.74) is 0.535. The Labute approximate surface area is 137 Å². The van der Waals surface area contributed by atoms with Crippen LogP contribution in [0.15, 0.2) is 6.07 Å². The van der Waals surface area contributed by atoms with E-state index in [0.29, 0.717) is 5.56 Å². The van der Waals surface area contributed by atoms with Gasteiger partial charge in [-0.05, 0) is 19.4 Å². The van der Waals surface area contributed by atoms with E-state index < -0.39 is 19.0 Å². The van der Waals surface area contributed by atoms with Crippen LogP contribution in [0.2, 0.25) is 10.0 Å². The Hall–Kier alpha value is -1.44. The minimum Gasteiger partial charge on any atom is -0.534 e. The highest BCUT2D eigenvalue weighted by Gasteiger charge is 2.39. The van der Waals surface area contributed by atoms with Gasteiger partial charge in [0, 0.05) is 12.5 Å². The zero-order chi connectivity index (χ0) is 16.4. The van der Waals surface area contributed by atoms with Crippen molar-refractivity contribution >= 4 is 42.2 Å². The molecule has 118 valence electrons. The van der Waals surface area contributed by atoms with Crippen LogP contribution in [0.5, 0.6) is 5.75 Å². The van der Waals surface area contributed by atoms with Gasteiger partial charge in [-0.2, -0.15) is 0 Å². The zero-order valence-corrected chi connectivity index (χ0v) is 13.5. The van der Waals surface area contributed by atoms with Crippen molar-refractivity contribution in [1.82, 2.24) is 5.32 Å². The van der Waals surface area contributed by atoms with Crippen molar-refractivity contribution < 1.29 is 24.0 Å².